The highest BCUT2D eigenvalue weighted by Gasteiger charge is 2.14. The van der Waals surface area contributed by atoms with E-state index in [-0.39, 0.29) is 19.0 Å². The van der Waals surface area contributed by atoms with Gasteiger partial charge in [0.15, 0.2) is 0 Å². The van der Waals surface area contributed by atoms with Crippen molar-refractivity contribution in [2.45, 2.75) is 12.6 Å². The third-order valence-corrected chi connectivity index (χ3v) is 2.96. The molecule has 0 aromatic heterocycles. The van der Waals surface area contributed by atoms with Gasteiger partial charge < -0.3 is 20.3 Å². The van der Waals surface area contributed by atoms with Crippen LogP contribution in [0.3, 0.4) is 0 Å². The smallest absolute Gasteiger partial charge is 0.408 e. The lowest BCUT2D eigenvalue weighted by atomic mass is 10.1. The fourth-order valence-corrected chi connectivity index (χ4v) is 1.88. The molecule has 110 valence electrons. The highest BCUT2D eigenvalue weighted by Crippen LogP contribution is 2.18. The van der Waals surface area contributed by atoms with E-state index in [2.05, 4.69) is 5.32 Å². The topological polar surface area (TPSA) is 78.8 Å². The van der Waals surface area contributed by atoms with Crippen LogP contribution in [0.2, 0.25) is 0 Å². The third kappa shape index (κ3) is 4.50. The van der Waals surface area contributed by atoms with E-state index in [1.54, 1.807) is 12.1 Å². The fourth-order valence-electron chi connectivity index (χ4n) is 1.88. The number of amides is 1. The van der Waals surface area contributed by atoms with Crippen LogP contribution in [-0.2, 0) is 11.3 Å². The van der Waals surface area contributed by atoms with E-state index in [1.807, 2.05) is 30.3 Å². The van der Waals surface area contributed by atoms with Gasteiger partial charge in [0.2, 0.25) is 0 Å². The van der Waals surface area contributed by atoms with Gasteiger partial charge in [-0.2, -0.15) is 0 Å². The van der Waals surface area contributed by atoms with E-state index in [9.17, 15) is 15.0 Å². The number of nitrogens with one attached hydrogen (secondary N) is 1. The molecule has 0 radical (unpaired) electrons. The van der Waals surface area contributed by atoms with E-state index in [0.717, 1.165) is 5.56 Å². The first kappa shape index (κ1) is 14.9. The molecule has 1 amide bonds. The second-order valence-electron chi connectivity index (χ2n) is 4.54. The van der Waals surface area contributed by atoms with Crippen LogP contribution in [-0.4, -0.2) is 22.9 Å². The fraction of sp³-hybridized carbons (Fsp3) is 0.188. The number of benzene rings is 2. The Kier molecular flexibility index (Phi) is 5.17. The average molecular weight is 287 g/mol. The number of alkyl carbamates (subject to hydrolysis) is 1. The Labute approximate surface area is 122 Å². The van der Waals surface area contributed by atoms with Crippen LogP contribution in [0, 0.1) is 0 Å². The molecule has 1 unspecified atom stereocenters. The molecule has 0 aliphatic carbocycles. The predicted octanol–water partition coefficient (Wildman–Crippen LogP) is 2.35. The quantitative estimate of drug-likeness (QED) is 0.788. The van der Waals surface area contributed by atoms with Gasteiger partial charge in [-0.05, 0) is 23.3 Å². The van der Waals surface area contributed by atoms with E-state index < -0.39 is 12.1 Å². The minimum atomic E-state index is -0.625. The van der Waals surface area contributed by atoms with Crippen molar-refractivity contribution in [1.82, 2.24) is 5.32 Å². The molecule has 0 aliphatic rings. The summed E-state index contributed by atoms with van der Waals surface area (Å²) in [6.07, 6.45) is -0.624. The Morgan fingerprint density at radius 3 is 2.57 bits per heavy atom. The number of aromatic hydroxyl groups is 1. The van der Waals surface area contributed by atoms with Gasteiger partial charge in [0.05, 0.1) is 12.6 Å². The number of ether oxygens (including phenoxy) is 1. The molecule has 0 spiro atoms. The summed E-state index contributed by atoms with van der Waals surface area (Å²) in [4.78, 5) is 11.7. The van der Waals surface area contributed by atoms with Crippen LogP contribution < -0.4 is 5.32 Å². The number of rotatable bonds is 5. The number of phenols is 1. The molecular formula is C16H17NO4. The maximum atomic E-state index is 11.7. The van der Waals surface area contributed by atoms with Gasteiger partial charge >= 0.3 is 6.09 Å². The summed E-state index contributed by atoms with van der Waals surface area (Å²) in [6.45, 7) is -0.130. The van der Waals surface area contributed by atoms with Gasteiger partial charge in [-0.3, -0.25) is 0 Å². The highest BCUT2D eigenvalue weighted by atomic mass is 16.5. The Balaban J connectivity index is 1.91. The van der Waals surface area contributed by atoms with Crippen molar-refractivity contribution in [2.24, 2.45) is 0 Å². The first-order chi connectivity index (χ1) is 10.2. The molecule has 0 bridgehead atoms. The molecule has 2 aromatic carbocycles. The summed E-state index contributed by atoms with van der Waals surface area (Å²) in [6, 6.07) is 15.0. The predicted molar refractivity (Wildman–Crippen MR) is 77.7 cm³/mol. The molecule has 1 atom stereocenters. The molecule has 0 heterocycles. The molecule has 5 heteroatoms. The molecule has 0 aliphatic heterocycles. The molecule has 0 saturated heterocycles. The van der Waals surface area contributed by atoms with E-state index in [0.29, 0.717) is 5.56 Å². The summed E-state index contributed by atoms with van der Waals surface area (Å²) in [7, 11) is 0. The molecule has 0 saturated carbocycles. The molecule has 0 fully saturated rings. The summed E-state index contributed by atoms with van der Waals surface area (Å²) >= 11 is 0. The second kappa shape index (κ2) is 7.31. The average Bonchev–Trinajstić information content (AvgIpc) is 2.51. The number of hydrogen-bond donors (Lipinski definition) is 3. The van der Waals surface area contributed by atoms with E-state index >= 15 is 0 Å². The van der Waals surface area contributed by atoms with Crippen LogP contribution in [0.1, 0.15) is 17.2 Å². The molecule has 21 heavy (non-hydrogen) atoms. The van der Waals surface area contributed by atoms with Gasteiger partial charge in [-0.25, -0.2) is 4.79 Å². The zero-order valence-corrected chi connectivity index (χ0v) is 11.4. The summed E-state index contributed by atoms with van der Waals surface area (Å²) in [5, 5.41) is 21.3. The minimum absolute atomic E-state index is 0.0744. The SMILES string of the molecule is O=C(NC(CO)c1cccc(O)c1)OCc1ccccc1. The summed E-state index contributed by atoms with van der Waals surface area (Å²) in [5.41, 5.74) is 1.49. The Hall–Kier alpha value is -2.53. The number of aliphatic hydroxyl groups is 1. The maximum Gasteiger partial charge on any atom is 0.408 e. The molecule has 2 aromatic rings. The minimum Gasteiger partial charge on any atom is -0.508 e. The Morgan fingerprint density at radius 2 is 1.90 bits per heavy atom. The summed E-state index contributed by atoms with van der Waals surface area (Å²) in [5.74, 6) is 0.0744. The standard InChI is InChI=1S/C16H17NO4/c18-10-15(13-7-4-8-14(19)9-13)17-16(20)21-11-12-5-2-1-3-6-12/h1-9,15,18-19H,10-11H2,(H,17,20). The van der Waals surface area contributed by atoms with Crippen molar-refractivity contribution in [3.8, 4) is 5.75 Å². The van der Waals surface area contributed by atoms with Gasteiger partial charge in [-0.15, -0.1) is 0 Å². The van der Waals surface area contributed by atoms with Crippen LogP contribution >= 0.6 is 0 Å². The first-order valence-electron chi connectivity index (χ1n) is 6.56. The van der Waals surface area contributed by atoms with Crippen molar-refractivity contribution in [3.63, 3.8) is 0 Å². The molecule has 3 N–H and O–H groups in total. The number of hydrogen-bond acceptors (Lipinski definition) is 4. The highest BCUT2D eigenvalue weighted by molar-refractivity contribution is 5.68. The van der Waals surface area contributed by atoms with Crippen molar-refractivity contribution in [1.29, 1.82) is 0 Å². The zero-order chi connectivity index (χ0) is 15.1. The second-order valence-corrected chi connectivity index (χ2v) is 4.54. The summed E-state index contributed by atoms with van der Waals surface area (Å²) < 4.78 is 5.09. The number of phenolic OH excluding ortho intramolecular Hbond substituents is 1. The molecule has 2 rings (SSSR count). The van der Waals surface area contributed by atoms with Crippen LogP contribution in [0.15, 0.2) is 54.6 Å². The number of carbonyl (C=O) groups is 1. The van der Waals surface area contributed by atoms with Crippen molar-refractivity contribution in [2.75, 3.05) is 6.61 Å². The van der Waals surface area contributed by atoms with Gasteiger partial charge in [0.25, 0.3) is 0 Å². The lowest BCUT2D eigenvalue weighted by molar-refractivity contribution is 0.129. The largest absolute Gasteiger partial charge is 0.508 e. The number of aliphatic hydroxyl groups excluding tert-OH is 1. The molecular weight excluding hydrogens is 270 g/mol. The molecule has 5 nitrogen and oxygen atoms in total. The van der Waals surface area contributed by atoms with Crippen LogP contribution in [0.4, 0.5) is 4.79 Å². The van der Waals surface area contributed by atoms with Crippen molar-refractivity contribution in [3.05, 3.63) is 65.7 Å². The van der Waals surface area contributed by atoms with Crippen LogP contribution in [0.5, 0.6) is 5.75 Å². The number of carbonyl (C=O) groups excluding carboxylic acids is 1. The van der Waals surface area contributed by atoms with E-state index in [1.165, 1.54) is 12.1 Å². The third-order valence-electron chi connectivity index (χ3n) is 2.96. The van der Waals surface area contributed by atoms with Gasteiger partial charge in [-0.1, -0.05) is 42.5 Å². The Bertz CT molecular complexity index is 586. The van der Waals surface area contributed by atoms with E-state index in [4.69, 9.17) is 4.74 Å². The normalized spacial score (nSPS) is 11.7. The monoisotopic (exact) mass is 287 g/mol. The zero-order valence-electron chi connectivity index (χ0n) is 11.4. The lowest BCUT2D eigenvalue weighted by Gasteiger charge is -2.16. The first-order valence-corrected chi connectivity index (χ1v) is 6.56. The van der Waals surface area contributed by atoms with Crippen molar-refractivity contribution < 1.29 is 19.7 Å². The van der Waals surface area contributed by atoms with Crippen LogP contribution in [0.25, 0.3) is 0 Å². The maximum absolute atomic E-state index is 11.7. The van der Waals surface area contributed by atoms with Crippen molar-refractivity contribution >= 4 is 6.09 Å². The van der Waals surface area contributed by atoms with Gasteiger partial charge in [0, 0.05) is 0 Å². The Morgan fingerprint density at radius 1 is 1.14 bits per heavy atom. The lowest BCUT2D eigenvalue weighted by Crippen LogP contribution is -2.31. The van der Waals surface area contributed by atoms with Gasteiger partial charge in [0.1, 0.15) is 12.4 Å².